The first kappa shape index (κ1) is 23.6. The number of fused-ring (bicyclic) bond motifs is 1. The number of carbonyl (C=O) groups excluding carboxylic acids is 2. The van der Waals surface area contributed by atoms with Gasteiger partial charge in [-0.05, 0) is 29.8 Å². The summed E-state index contributed by atoms with van der Waals surface area (Å²) in [5.41, 5.74) is 7.79. The van der Waals surface area contributed by atoms with Crippen molar-refractivity contribution < 1.29 is 23.8 Å². The van der Waals surface area contributed by atoms with Gasteiger partial charge in [-0.25, -0.2) is 4.98 Å². The summed E-state index contributed by atoms with van der Waals surface area (Å²) in [6.45, 7) is 0.303. The number of benzene rings is 3. The van der Waals surface area contributed by atoms with E-state index in [-0.39, 0.29) is 12.0 Å². The molecule has 0 spiro atoms. The number of hydrazine groups is 1. The zero-order chi connectivity index (χ0) is 24.8. The summed E-state index contributed by atoms with van der Waals surface area (Å²) in [5, 5.41) is 0. The normalized spacial score (nSPS) is 10.6. The number of aryl methyl sites for hydroxylation is 1. The topological polar surface area (TPSA) is 104 Å². The van der Waals surface area contributed by atoms with E-state index in [1.165, 1.54) is 26.4 Å². The molecule has 0 saturated carbocycles. The molecule has 0 unspecified atom stereocenters. The fraction of sp³-hybridized carbons (Fsp3) is 0.192. The van der Waals surface area contributed by atoms with Gasteiger partial charge in [-0.1, -0.05) is 42.5 Å². The zero-order valence-electron chi connectivity index (χ0n) is 19.7. The molecule has 3 aromatic carbocycles. The molecule has 9 nitrogen and oxygen atoms in total. The molecule has 0 atom stereocenters. The van der Waals surface area contributed by atoms with E-state index in [1.807, 2.05) is 66.2 Å². The van der Waals surface area contributed by atoms with E-state index >= 15 is 0 Å². The number of ether oxygens (including phenoxy) is 3. The quantitative estimate of drug-likeness (QED) is 0.380. The van der Waals surface area contributed by atoms with Crippen LogP contribution in [0.5, 0.6) is 17.2 Å². The molecule has 1 aromatic heterocycles. The third kappa shape index (κ3) is 5.35. The lowest BCUT2D eigenvalue weighted by atomic mass is 10.1. The van der Waals surface area contributed by atoms with Crippen LogP contribution in [0.15, 0.2) is 66.7 Å². The SMILES string of the molecule is COc1cc(C(=O)NNC(=O)Cc2nc3ccccc3n2C)cc(OC)c1OCc1ccccc1. The Morgan fingerprint density at radius 3 is 2.23 bits per heavy atom. The lowest BCUT2D eigenvalue weighted by molar-refractivity contribution is -0.121. The average molecular weight is 475 g/mol. The molecule has 4 rings (SSSR count). The van der Waals surface area contributed by atoms with Crippen LogP contribution in [0.2, 0.25) is 0 Å². The fourth-order valence-electron chi connectivity index (χ4n) is 3.62. The number of carbonyl (C=O) groups is 2. The van der Waals surface area contributed by atoms with Crippen molar-refractivity contribution >= 4 is 22.8 Å². The van der Waals surface area contributed by atoms with Crippen LogP contribution in [0.1, 0.15) is 21.7 Å². The molecule has 9 heteroatoms. The molecule has 4 aromatic rings. The van der Waals surface area contributed by atoms with Gasteiger partial charge in [-0.2, -0.15) is 0 Å². The smallest absolute Gasteiger partial charge is 0.269 e. The van der Waals surface area contributed by atoms with Crippen LogP contribution in [0.25, 0.3) is 11.0 Å². The summed E-state index contributed by atoms with van der Waals surface area (Å²) in [6.07, 6.45) is 0.00433. The number of para-hydroxylation sites is 2. The Morgan fingerprint density at radius 2 is 1.57 bits per heavy atom. The maximum atomic E-state index is 12.7. The molecular formula is C26H26N4O5. The largest absolute Gasteiger partial charge is 0.493 e. The second-order valence-corrected chi connectivity index (χ2v) is 7.74. The molecule has 0 saturated heterocycles. The highest BCUT2D eigenvalue weighted by molar-refractivity contribution is 5.96. The first-order valence-electron chi connectivity index (χ1n) is 10.9. The first-order valence-corrected chi connectivity index (χ1v) is 10.9. The highest BCUT2D eigenvalue weighted by Gasteiger charge is 2.19. The van der Waals surface area contributed by atoms with Crippen LogP contribution in [0.4, 0.5) is 0 Å². The Hall–Kier alpha value is -4.53. The highest BCUT2D eigenvalue weighted by atomic mass is 16.5. The number of hydrogen-bond acceptors (Lipinski definition) is 6. The standard InChI is InChI=1S/C26H26N4O5/c1-30-20-12-8-7-11-19(20)27-23(30)15-24(31)28-29-26(32)18-13-21(33-2)25(22(14-18)34-3)35-16-17-9-5-4-6-10-17/h4-14H,15-16H2,1-3H3,(H,28,31)(H,29,32). The van der Waals surface area contributed by atoms with Gasteiger partial charge in [0.25, 0.3) is 5.91 Å². The predicted octanol–water partition coefficient (Wildman–Crippen LogP) is 3.17. The van der Waals surface area contributed by atoms with Crippen molar-refractivity contribution in [3.05, 3.63) is 83.7 Å². The molecule has 2 amide bonds. The van der Waals surface area contributed by atoms with Gasteiger partial charge in [0, 0.05) is 12.6 Å². The van der Waals surface area contributed by atoms with Gasteiger partial charge < -0.3 is 18.8 Å². The summed E-state index contributed by atoms with van der Waals surface area (Å²) in [7, 11) is 4.80. The van der Waals surface area contributed by atoms with Crippen molar-refractivity contribution in [3.8, 4) is 17.2 Å². The van der Waals surface area contributed by atoms with Gasteiger partial charge in [0.2, 0.25) is 11.7 Å². The van der Waals surface area contributed by atoms with Gasteiger partial charge >= 0.3 is 0 Å². The first-order chi connectivity index (χ1) is 17.0. The minimum absolute atomic E-state index is 0.00433. The average Bonchev–Trinajstić information content (AvgIpc) is 3.20. The van der Waals surface area contributed by atoms with Crippen molar-refractivity contribution in [2.75, 3.05) is 14.2 Å². The molecule has 0 aliphatic heterocycles. The van der Waals surface area contributed by atoms with E-state index in [0.29, 0.717) is 29.7 Å². The monoisotopic (exact) mass is 474 g/mol. The molecule has 0 aliphatic carbocycles. The molecule has 0 radical (unpaired) electrons. The van der Waals surface area contributed by atoms with Crippen LogP contribution in [0.3, 0.4) is 0 Å². The summed E-state index contributed by atoms with van der Waals surface area (Å²) >= 11 is 0. The minimum Gasteiger partial charge on any atom is -0.493 e. The fourth-order valence-corrected chi connectivity index (χ4v) is 3.62. The number of rotatable bonds is 8. The van der Waals surface area contributed by atoms with Gasteiger partial charge in [-0.15, -0.1) is 0 Å². The third-order valence-corrected chi connectivity index (χ3v) is 5.46. The summed E-state index contributed by atoms with van der Waals surface area (Å²) in [4.78, 5) is 29.7. The summed E-state index contributed by atoms with van der Waals surface area (Å²) < 4.78 is 18.6. The second-order valence-electron chi connectivity index (χ2n) is 7.74. The molecule has 0 aliphatic rings. The van der Waals surface area contributed by atoms with Crippen LogP contribution in [-0.2, 0) is 24.9 Å². The van der Waals surface area contributed by atoms with E-state index in [2.05, 4.69) is 15.8 Å². The van der Waals surface area contributed by atoms with Crippen molar-refractivity contribution in [1.82, 2.24) is 20.4 Å². The van der Waals surface area contributed by atoms with Crippen LogP contribution >= 0.6 is 0 Å². The number of methoxy groups -OCH3 is 2. The van der Waals surface area contributed by atoms with E-state index in [1.54, 1.807) is 0 Å². The van der Waals surface area contributed by atoms with Crippen molar-refractivity contribution in [3.63, 3.8) is 0 Å². The van der Waals surface area contributed by atoms with Gasteiger partial charge in [0.05, 0.1) is 31.7 Å². The Bertz CT molecular complexity index is 1330. The summed E-state index contributed by atoms with van der Waals surface area (Å²) in [5.74, 6) is 0.684. The zero-order valence-corrected chi connectivity index (χ0v) is 19.7. The van der Waals surface area contributed by atoms with Gasteiger partial charge in [0.15, 0.2) is 11.5 Å². The van der Waals surface area contributed by atoms with Crippen LogP contribution in [-0.4, -0.2) is 35.6 Å². The molecule has 180 valence electrons. The van der Waals surface area contributed by atoms with Gasteiger partial charge in [0.1, 0.15) is 12.4 Å². The van der Waals surface area contributed by atoms with E-state index < -0.39 is 11.8 Å². The van der Waals surface area contributed by atoms with Gasteiger partial charge in [-0.3, -0.25) is 20.4 Å². The van der Waals surface area contributed by atoms with E-state index in [0.717, 1.165) is 16.6 Å². The second kappa shape index (κ2) is 10.6. The molecule has 2 N–H and O–H groups in total. The molecule has 1 heterocycles. The third-order valence-electron chi connectivity index (χ3n) is 5.46. The molecule has 0 bridgehead atoms. The lowest BCUT2D eigenvalue weighted by Crippen LogP contribution is -2.42. The molecular weight excluding hydrogens is 448 g/mol. The molecule has 35 heavy (non-hydrogen) atoms. The van der Waals surface area contributed by atoms with Crippen LogP contribution in [0, 0.1) is 0 Å². The highest BCUT2D eigenvalue weighted by Crippen LogP contribution is 2.39. The molecule has 0 fully saturated rings. The number of nitrogens with one attached hydrogen (secondary N) is 2. The van der Waals surface area contributed by atoms with Crippen molar-refractivity contribution in [2.45, 2.75) is 13.0 Å². The Kier molecular flexibility index (Phi) is 7.15. The van der Waals surface area contributed by atoms with Crippen molar-refractivity contribution in [2.24, 2.45) is 7.05 Å². The Labute approximate surface area is 202 Å². The number of nitrogens with zero attached hydrogens (tertiary/aromatic N) is 2. The maximum Gasteiger partial charge on any atom is 0.269 e. The Balaban J connectivity index is 1.42. The summed E-state index contributed by atoms with van der Waals surface area (Å²) in [6, 6.07) is 20.3. The number of amides is 2. The number of hydrogen-bond donors (Lipinski definition) is 2. The minimum atomic E-state index is -0.533. The van der Waals surface area contributed by atoms with E-state index in [4.69, 9.17) is 14.2 Å². The van der Waals surface area contributed by atoms with Crippen LogP contribution < -0.4 is 25.1 Å². The van der Waals surface area contributed by atoms with Crippen molar-refractivity contribution in [1.29, 1.82) is 0 Å². The predicted molar refractivity (Wildman–Crippen MR) is 130 cm³/mol. The maximum absolute atomic E-state index is 12.7. The van der Waals surface area contributed by atoms with E-state index in [9.17, 15) is 9.59 Å². The Morgan fingerprint density at radius 1 is 0.914 bits per heavy atom. The number of aromatic nitrogens is 2. The number of imidazole rings is 1. The lowest BCUT2D eigenvalue weighted by Gasteiger charge is -2.16.